The molecule has 8 heteroatoms. The predicted molar refractivity (Wildman–Crippen MR) is 116 cm³/mol. The lowest BCUT2D eigenvalue weighted by Crippen LogP contribution is -2.49. The summed E-state index contributed by atoms with van der Waals surface area (Å²) in [5.41, 5.74) is 3.17. The topological polar surface area (TPSA) is 101 Å². The van der Waals surface area contributed by atoms with Crippen LogP contribution in [0.25, 0.3) is 11.1 Å². The fraction of sp³-hybridized carbons (Fsp3) is 0.391. The van der Waals surface area contributed by atoms with Crippen molar-refractivity contribution in [1.29, 1.82) is 0 Å². The number of ether oxygens (including phenoxy) is 1. The summed E-state index contributed by atoms with van der Waals surface area (Å²) >= 11 is 0. The molecule has 7 nitrogen and oxygen atoms in total. The van der Waals surface area contributed by atoms with E-state index in [0.29, 0.717) is 0 Å². The summed E-state index contributed by atoms with van der Waals surface area (Å²) in [6.07, 6.45) is 0.703. The summed E-state index contributed by atoms with van der Waals surface area (Å²) in [5, 5.41) is 9.61. The van der Waals surface area contributed by atoms with E-state index in [2.05, 4.69) is 12.1 Å². The fourth-order valence-electron chi connectivity index (χ4n) is 4.72. The van der Waals surface area contributed by atoms with Gasteiger partial charge in [0.15, 0.2) is 0 Å². The van der Waals surface area contributed by atoms with E-state index in [0.717, 1.165) is 28.5 Å². The van der Waals surface area contributed by atoms with E-state index in [1.807, 2.05) is 36.4 Å². The molecule has 1 amide bonds. The van der Waals surface area contributed by atoms with Gasteiger partial charge in [-0.2, -0.15) is 0 Å². The third-order valence-electron chi connectivity index (χ3n) is 6.31. The molecule has 164 valence electrons. The van der Waals surface area contributed by atoms with Gasteiger partial charge in [-0.3, -0.25) is 4.79 Å². The van der Waals surface area contributed by atoms with Gasteiger partial charge in [-0.05, 0) is 35.1 Å². The molecule has 31 heavy (non-hydrogen) atoms. The van der Waals surface area contributed by atoms with E-state index in [1.54, 1.807) is 0 Å². The number of piperidine rings is 1. The summed E-state index contributed by atoms with van der Waals surface area (Å²) in [7, 11) is -3.46. The molecule has 4 rings (SSSR count). The van der Waals surface area contributed by atoms with Crippen LogP contribution in [-0.4, -0.2) is 62.2 Å². The zero-order valence-corrected chi connectivity index (χ0v) is 18.1. The number of amides is 1. The van der Waals surface area contributed by atoms with E-state index in [4.69, 9.17) is 4.74 Å². The Balaban J connectivity index is 1.42. The number of carbonyl (C=O) groups is 2. The van der Waals surface area contributed by atoms with Crippen molar-refractivity contribution in [3.05, 3.63) is 59.7 Å². The van der Waals surface area contributed by atoms with Crippen molar-refractivity contribution in [1.82, 2.24) is 4.90 Å². The monoisotopic (exact) mass is 443 g/mol. The number of nitrogens with zero attached hydrogens (tertiary/aromatic N) is 1. The van der Waals surface area contributed by atoms with Gasteiger partial charge in [0.25, 0.3) is 0 Å². The van der Waals surface area contributed by atoms with Gasteiger partial charge in [-0.25, -0.2) is 13.2 Å². The molecule has 0 spiro atoms. The zero-order chi connectivity index (χ0) is 22.2. The van der Waals surface area contributed by atoms with E-state index in [-0.39, 0.29) is 38.5 Å². The molecule has 2 aliphatic rings. The maximum atomic E-state index is 12.7. The molecule has 2 aromatic carbocycles. The first-order valence-electron chi connectivity index (χ1n) is 10.2. The third-order valence-corrected chi connectivity index (χ3v) is 7.38. The number of benzene rings is 2. The Labute approximate surface area is 181 Å². The largest absolute Gasteiger partial charge is 0.481 e. The first kappa shape index (κ1) is 21.4. The van der Waals surface area contributed by atoms with Crippen LogP contribution in [0.5, 0.6) is 0 Å². The minimum atomic E-state index is -3.46. The second-order valence-electron chi connectivity index (χ2n) is 8.45. The lowest BCUT2D eigenvalue weighted by atomic mass is 9.80. The number of rotatable bonds is 5. The number of aliphatic carboxylic acids is 1. The highest BCUT2D eigenvalue weighted by atomic mass is 32.2. The molecule has 0 radical (unpaired) electrons. The smallest absolute Gasteiger partial charge is 0.409 e. The molecular weight excluding hydrogens is 418 g/mol. The highest BCUT2D eigenvalue weighted by molar-refractivity contribution is 7.90. The van der Waals surface area contributed by atoms with Gasteiger partial charge < -0.3 is 14.7 Å². The van der Waals surface area contributed by atoms with Crippen LogP contribution in [0.2, 0.25) is 0 Å². The summed E-state index contributed by atoms with van der Waals surface area (Å²) in [6, 6.07) is 16.1. The molecule has 0 atom stereocenters. The summed E-state index contributed by atoms with van der Waals surface area (Å²) in [5.74, 6) is -1.61. The number of sulfone groups is 1. The summed E-state index contributed by atoms with van der Waals surface area (Å²) < 4.78 is 29.0. The SMILES string of the molecule is CS(=O)(=O)CC1(C(=O)O)CCN(C(=O)OCC2c3ccccc3-c3ccccc32)CC1. The molecule has 1 heterocycles. The summed E-state index contributed by atoms with van der Waals surface area (Å²) in [4.78, 5) is 25.9. The van der Waals surface area contributed by atoms with Crippen molar-refractivity contribution in [3.63, 3.8) is 0 Å². The minimum Gasteiger partial charge on any atom is -0.481 e. The van der Waals surface area contributed by atoms with E-state index >= 15 is 0 Å². The standard InChI is InChI=1S/C23H25NO6S/c1-31(28,29)15-23(21(25)26)10-12-24(13-11-23)22(27)30-14-20-18-8-4-2-6-16(18)17-7-3-5-9-19(17)20/h2-9,20H,10-15H2,1H3,(H,25,26). The summed E-state index contributed by atoms with van der Waals surface area (Å²) in [6.45, 7) is 0.494. The van der Waals surface area contributed by atoms with Crippen LogP contribution in [0, 0.1) is 5.41 Å². The Kier molecular flexibility index (Phi) is 5.51. The normalized spacial score (nSPS) is 17.6. The van der Waals surface area contributed by atoms with Gasteiger partial charge in [0, 0.05) is 25.3 Å². The van der Waals surface area contributed by atoms with E-state index < -0.39 is 33.1 Å². The van der Waals surface area contributed by atoms with Crippen LogP contribution < -0.4 is 0 Å². The van der Waals surface area contributed by atoms with E-state index in [9.17, 15) is 23.1 Å². The van der Waals surface area contributed by atoms with Crippen molar-refractivity contribution < 1.29 is 27.9 Å². The van der Waals surface area contributed by atoms with Gasteiger partial charge in [-0.1, -0.05) is 48.5 Å². The molecule has 1 aliphatic heterocycles. The molecule has 2 aromatic rings. The van der Waals surface area contributed by atoms with Crippen molar-refractivity contribution in [3.8, 4) is 11.1 Å². The van der Waals surface area contributed by atoms with Crippen molar-refractivity contribution >= 4 is 21.9 Å². The van der Waals surface area contributed by atoms with Crippen LogP contribution in [0.3, 0.4) is 0 Å². The average molecular weight is 444 g/mol. The number of likely N-dealkylation sites (tertiary alicyclic amines) is 1. The van der Waals surface area contributed by atoms with Crippen molar-refractivity contribution in [2.45, 2.75) is 18.8 Å². The van der Waals surface area contributed by atoms with Gasteiger partial charge in [0.1, 0.15) is 16.4 Å². The molecule has 1 aliphatic carbocycles. The lowest BCUT2D eigenvalue weighted by molar-refractivity contribution is -0.150. The Morgan fingerprint density at radius 1 is 1.03 bits per heavy atom. The number of hydrogen-bond acceptors (Lipinski definition) is 5. The van der Waals surface area contributed by atoms with Crippen LogP contribution in [-0.2, 0) is 19.4 Å². The number of carboxylic acid groups (broad SMARTS) is 1. The number of carboxylic acids is 1. The van der Waals surface area contributed by atoms with Gasteiger partial charge in [-0.15, -0.1) is 0 Å². The second kappa shape index (κ2) is 8.00. The Morgan fingerprint density at radius 3 is 2.03 bits per heavy atom. The number of carbonyl (C=O) groups excluding carboxylic acids is 1. The Morgan fingerprint density at radius 2 is 1.55 bits per heavy atom. The highest BCUT2D eigenvalue weighted by Gasteiger charge is 2.45. The molecule has 1 fully saturated rings. The first-order valence-corrected chi connectivity index (χ1v) is 12.3. The molecule has 0 bridgehead atoms. The zero-order valence-electron chi connectivity index (χ0n) is 17.3. The maximum absolute atomic E-state index is 12.7. The highest BCUT2D eigenvalue weighted by Crippen LogP contribution is 2.44. The molecule has 0 aromatic heterocycles. The molecule has 0 unspecified atom stereocenters. The third kappa shape index (κ3) is 4.17. The Hall–Kier alpha value is -2.87. The van der Waals surface area contributed by atoms with Crippen LogP contribution in [0.15, 0.2) is 48.5 Å². The van der Waals surface area contributed by atoms with Crippen molar-refractivity contribution in [2.24, 2.45) is 5.41 Å². The van der Waals surface area contributed by atoms with E-state index in [1.165, 1.54) is 4.90 Å². The number of hydrogen-bond donors (Lipinski definition) is 1. The predicted octanol–water partition coefficient (Wildman–Crippen LogP) is 3.15. The first-order chi connectivity index (χ1) is 14.7. The molecule has 1 saturated heterocycles. The number of fused-ring (bicyclic) bond motifs is 3. The fourth-order valence-corrected chi connectivity index (χ4v) is 6.14. The molecule has 0 saturated carbocycles. The molecular formula is C23H25NO6S. The maximum Gasteiger partial charge on any atom is 0.409 e. The van der Waals surface area contributed by atoms with Gasteiger partial charge >= 0.3 is 12.1 Å². The quantitative estimate of drug-likeness (QED) is 0.762. The van der Waals surface area contributed by atoms with Crippen LogP contribution >= 0.6 is 0 Å². The van der Waals surface area contributed by atoms with Gasteiger partial charge in [0.05, 0.1) is 11.2 Å². The van der Waals surface area contributed by atoms with Crippen LogP contribution in [0.1, 0.15) is 29.9 Å². The Bertz CT molecular complexity index is 1070. The lowest BCUT2D eigenvalue weighted by Gasteiger charge is -2.37. The van der Waals surface area contributed by atoms with Crippen molar-refractivity contribution in [2.75, 3.05) is 31.7 Å². The van der Waals surface area contributed by atoms with Crippen LogP contribution in [0.4, 0.5) is 4.79 Å². The molecule has 1 N–H and O–H groups in total. The average Bonchev–Trinajstić information content (AvgIpc) is 3.05. The second-order valence-corrected chi connectivity index (χ2v) is 10.6. The van der Waals surface area contributed by atoms with Gasteiger partial charge in [0.2, 0.25) is 0 Å². The minimum absolute atomic E-state index is 0.0514.